The van der Waals surface area contributed by atoms with Gasteiger partial charge in [0.15, 0.2) is 0 Å². The second kappa shape index (κ2) is 6.59. The Bertz CT molecular complexity index is 799. The first-order valence-corrected chi connectivity index (χ1v) is 8.68. The Labute approximate surface area is 141 Å². The summed E-state index contributed by atoms with van der Waals surface area (Å²) in [5.41, 5.74) is 6.25. The number of benzene rings is 1. The number of thiazole rings is 1. The van der Waals surface area contributed by atoms with Gasteiger partial charge < -0.3 is 9.30 Å². The molecule has 2 heterocycles. The van der Waals surface area contributed by atoms with E-state index in [-0.39, 0.29) is 0 Å². The van der Waals surface area contributed by atoms with E-state index in [4.69, 9.17) is 4.74 Å². The maximum atomic E-state index is 5.21. The topological polar surface area (TPSA) is 27.1 Å². The van der Waals surface area contributed by atoms with Gasteiger partial charge in [-0.1, -0.05) is 12.1 Å². The van der Waals surface area contributed by atoms with Crippen molar-refractivity contribution >= 4 is 11.3 Å². The average molecular weight is 326 g/mol. The maximum Gasteiger partial charge on any atom is 0.118 e. The second-order valence-corrected chi connectivity index (χ2v) is 6.85. The predicted molar refractivity (Wildman–Crippen MR) is 96.4 cm³/mol. The van der Waals surface area contributed by atoms with Crippen molar-refractivity contribution in [3.63, 3.8) is 0 Å². The molecule has 4 heteroatoms. The van der Waals surface area contributed by atoms with E-state index in [0.29, 0.717) is 0 Å². The molecule has 0 unspecified atom stereocenters. The van der Waals surface area contributed by atoms with Crippen LogP contribution in [0.3, 0.4) is 0 Å². The van der Waals surface area contributed by atoms with Gasteiger partial charge in [-0.15, -0.1) is 11.3 Å². The number of aromatic nitrogens is 2. The fourth-order valence-electron chi connectivity index (χ4n) is 2.92. The van der Waals surface area contributed by atoms with Gasteiger partial charge in [0.05, 0.1) is 17.8 Å². The van der Waals surface area contributed by atoms with Gasteiger partial charge in [-0.05, 0) is 51.0 Å². The molecule has 0 amide bonds. The average Bonchev–Trinajstić information content (AvgIpc) is 3.10. The van der Waals surface area contributed by atoms with E-state index in [0.717, 1.165) is 29.4 Å². The van der Waals surface area contributed by atoms with Gasteiger partial charge >= 0.3 is 0 Å². The zero-order chi connectivity index (χ0) is 16.4. The summed E-state index contributed by atoms with van der Waals surface area (Å²) in [6.45, 7) is 7.39. The van der Waals surface area contributed by atoms with E-state index in [1.807, 2.05) is 12.1 Å². The largest absolute Gasteiger partial charge is 0.497 e. The molecule has 0 fully saturated rings. The number of methoxy groups -OCH3 is 1. The standard InChI is InChI=1S/C19H22N2OS/c1-13-11-18(19-12-23-15(3)20-19)14(2)21(13)10-9-16-5-7-17(22-4)8-6-16/h5-8,11-12H,9-10H2,1-4H3. The van der Waals surface area contributed by atoms with Crippen LogP contribution in [0.25, 0.3) is 11.3 Å². The minimum atomic E-state index is 0.906. The zero-order valence-electron chi connectivity index (χ0n) is 14.1. The van der Waals surface area contributed by atoms with Crippen LogP contribution >= 0.6 is 11.3 Å². The zero-order valence-corrected chi connectivity index (χ0v) is 14.9. The summed E-state index contributed by atoms with van der Waals surface area (Å²) in [6.07, 6.45) is 1.01. The van der Waals surface area contributed by atoms with Gasteiger partial charge in [-0.3, -0.25) is 0 Å². The number of ether oxygens (including phenoxy) is 1. The molecule has 1 aromatic carbocycles. The maximum absolute atomic E-state index is 5.21. The van der Waals surface area contributed by atoms with Crippen LogP contribution < -0.4 is 4.74 Å². The number of rotatable bonds is 5. The summed E-state index contributed by atoms with van der Waals surface area (Å²) in [7, 11) is 1.70. The molecule has 3 aromatic rings. The SMILES string of the molecule is COc1ccc(CCn2c(C)cc(-c3csc(C)n3)c2C)cc1. The van der Waals surface area contributed by atoms with Crippen LogP contribution in [0.5, 0.6) is 5.75 Å². The Hall–Kier alpha value is -2.07. The third-order valence-corrected chi connectivity index (χ3v) is 5.03. The highest BCUT2D eigenvalue weighted by Crippen LogP contribution is 2.28. The Morgan fingerprint density at radius 2 is 1.87 bits per heavy atom. The Morgan fingerprint density at radius 1 is 1.13 bits per heavy atom. The summed E-state index contributed by atoms with van der Waals surface area (Å²) in [6, 6.07) is 10.6. The van der Waals surface area contributed by atoms with Crippen molar-refractivity contribution in [1.29, 1.82) is 0 Å². The van der Waals surface area contributed by atoms with Crippen LogP contribution in [0.1, 0.15) is 22.0 Å². The third kappa shape index (κ3) is 3.32. The molecule has 0 saturated heterocycles. The lowest BCUT2D eigenvalue weighted by Gasteiger charge is -2.10. The Morgan fingerprint density at radius 3 is 2.48 bits per heavy atom. The van der Waals surface area contributed by atoms with Crippen LogP contribution in [0, 0.1) is 20.8 Å². The van der Waals surface area contributed by atoms with Gasteiger partial charge in [-0.25, -0.2) is 4.98 Å². The van der Waals surface area contributed by atoms with E-state index in [1.54, 1.807) is 18.4 Å². The van der Waals surface area contributed by atoms with Crippen molar-refractivity contribution in [1.82, 2.24) is 9.55 Å². The van der Waals surface area contributed by atoms with E-state index in [2.05, 4.69) is 53.9 Å². The molecule has 3 rings (SSSR count). The first-order chi connectivity index (χ1) is 11.1. The molecule has 0 atom stereocenters. The first kappa shape index (κ1) is 15.8. The van der Waals surface area contributed by atoms with Crippen molar-refractivity contribution in [2.75, 3.05) is 7.11 Å². The summed E-state index contributed by atoms with van der Waals surface area (Å²) >= 11 is 1.70. The van der Waals surface area contributed by atoms with Gasteiger partial charge in [0, 0.05) is 28.9 Å². The summed E-state index contributed by atoms with van der Waals surface area (Å²) in [5.74, 6) is 0.906. The highest BCUT2D eigenvalue weighted by atomic mass is 32.1. The van der Waals surface area contributed by atoms with Gasteiger partial charge in [-0.2, -0.15) is 0 Å². The number of hydrogen-bond donors (Lipinski definition) is 0. The lowest BCUT2D eigenvalue weighted by atomic mass is 10.1. The molecular weight excluding hydrogens is 304 g/mol. The summed E-state index contributed by atoms with van der Waals surface area (Å²) in [5, 5.41) is 3.26. The van der Waals surface area contributed by atoms with Crippen molar-refractivity contribution in [3.05, 3.63) is 57.7 Å². The number of aryl methyl sites for hydroxylation is 3. The number of nitrogens with zero attached hydrogens (tertiary/aromatic N) is 2. The van der Waals surface area contributed by atoms with E-state index < -0.39 is 0 Å². The normalized spacial score (nSPS) is 11.0. The van der Waals surface area contributed by atoms with E-state index in [1.165, 1.54) is 22.5 Å². The van der Waals surface area contributed by atoms with E-state index in [9.17, 15) is 0 Å². The fourth-order valence-corrected chi connectivity index (χ4v) is 3.54. The molecule has 120 valence electrons. The predicted octanol–water partition coefficient (Wildman–Crippen LogP) is 4.79. The second-order valence-electron chi connectivity index (χ2n) is 5.79. The minimum Gasteiger partial charge on any atom is -0.497 e. The quantitative estimate of drug-likeness (QED) is 0.674. The van der Waals surface area contributed by atoms with E-state index >= 15 is 0 Å². The molecule has 0 saturated carbocycles. The van der Waals surface area contributed by atoms with Gasteiger partial charge in [0.2, 0.25) is 0 Å². The third-order valence-electron chi connectivity index (χ3n) is 4.25. The molecule has 3 nitrogen and oxygen atoms in total. The molecular formula is C19H22N2OS. The molecule has 2 aromatic heterocycles. The van der Waals surface area contributed by atoms with Crippen molar-refractivity contribution in [2.45, 2.75) is 33.7 Å². The van der Waals surface area contributed by atoms with Crippen molar-refractivity contribution in [2.24, 2.45) is 0 Å². The highest BCUT2D eigenvalue weighted by Gasteiger charge is 2.12. The van der Waals surface area contributed by atoms with Crippen LogP contribution in [0.15, 0.2) is 35.7 Å². The Balaban J connectivity index is 1.79. The molecule has 0 aliphatic carbocycles. The smallest absolute Gasteiger partial charge is 0.118 e. The van der Waals surface area contributed by atoms with Crippen LogP contribution in [0.4, 0.5) is 0 Å². The van der Waals surface area contributed by atoms with Crippen molar-refractivity contribution in [3.8, 4) is 17.0 Å². The molecule has 0 radical (unpaired) electrons. The summed E-state index contributed by atoms with van der Waals surface area (Å²) in [4.78, 5) is 4.62. The van der Waals surface area contributed by atoms with Crippen LogP contribution in [-0.2, 0) is 13.0 Å². The first-order valence-electron chi connectivity index (χ1n) is 7.80. The minimum absolute atomic E-state index is 0.906. The molecule has 0 N–H and O–H groups in total. The highest BCUT2D eigenvalue weighted by molar-refractivity contribution is 7.09. The number of hydrogen-bond acceptors (Lipinski definition) is 3. The lowest BCUT2D eigenvalue weighted by Crippen LogP contribution is -2.05. The van der Waals surface area contributed by atoms with Gasteiger partial charge in [0.1, 0.15) is 5.75 Å². The lowest BCUT2D eigenvalue weighted by molar-refractivity contribution is 0.414. The monoisotopic (exact) mass is 326 g/mol. The molecule has 0 bridgehead atoms. The fraction of sp³-hybridized carbons (Fsp3) is 0.316. The van der Waals surface area contributed by atoms with Crippen molar-refractivity contribution < 1.29 is 4.74 Å². The molecule has 0 aliphatic rings. The molecule has 0 aliphatic heterocycles. The van der Waals surface area contributed by atoms with Crippen LogP contribution in [0.2, 0.25) is 0 Å². The Kier molecular flexibility index (Phi) is 4.53. The molecule has 0 spiro atoms. The van der Waals surface area contributed by atoms with Crippen LogP contribution in [-0.4, -0.2) is 16.7 Å². The summed E-state index contributed by atoms with van der Waals surface area (Å²) < 4.78 is 7.60. The molecule has 23 heavy (non-hydrogen) atoms. The van der Waals surface area contributed by atoms with Gasteiger partial charge in [0.25, 0.3) is 0 Å².